The van der Waals surface area contributed by atoms with Crippen molar-refractivity contribution in [3.63, 3.8) is 0 Å². The summed E-state index contributed by atoms with van der Waals surface area (Å²) in [4.78, 5) is 5.57. The largest absolute Gasteiger partial charge is 0.395 e. The molecule has 1 heterocycles. The number of aryl methyl sites for hydroxylation is 2. The van der Waals surface area contributed by atoms with Gasteiger partial charge in [0.15, 0.2) is 0 Å². The lowest BCUT2D eigenvalue weighted by atomic mass is 10.3. The van der Waals surface area contributed by atoms with Crippen LogP contribution in [0.2, 0.25) is 0 Å². The Hall–Kier alpha value is -0.0600. The van der Waals surface area contributed by atoms with Crippen LogP contribution in [-0.2, 0) is 6.42 Å². The van der Waals surface area contributed by atoms with Crippen LogP contribution in [-0.4, -0.2) is 27.7 Å². The van der Waals surface area contributed by atoms with Crippen LogP contribution < -0.4 is 0 Å². The third-order valence-electron chi connectivity index (χ3n) is 1.83. The average Bonchev–Trinajstić information content (AvgIpc) is 2.52. The van der Waals surface area contributed by atoms with Crippen LogP contribution in [0.3, 0.4) is 0 Å². The summed E-state index contributed by atoms with van der Waals surface area (Å²) in [5.41, 5.74) is 3.05. The summed E-state index contributed by atoms with van der Waals surface area (Å²) >= 11 is 3.53. The van der Waals surface area contributed by atoms with Crippen LogP contribution in [0, 0.1) is 6.92 Å². The standard InChI is InChI=1S/C9H15NOS2/c1-7(5-11)12-4-3-9-8(2)10-6-13-9/h6-7,11H,3-5H2,1-2H3. The van der Waals surface area contributed by atoms with Crippen LogP contribution in [0.5, 0.6) is 0 Å². The van der Waals surface area contributed by atoms with Gasteiger partial charge in [0.05, 0.1) is 17.8 Å². The quantitative estimate of drug-likeness (QED) is 0.820. The Morgan fingerprint density at radius 2 is 2.46 bits per heavy atom. The van der Waals surface area contributed by atoms with E-state index in [1.807, 2.05) is 31.1 Å². The number of thioether (sulfide) groups is 1. The molecule has 0 saturated carbocycles. The van der Waals surface area contributed by atoms with Crippen molar-refractivity contribution >= 4 is 23.1 Å². The maximum absolute atomic E-state index is 8.82. The van der Waals surface area contributed by atoms with E-state index in [4.69, 9.17) is 5.11 Å². The summed E-state index contributed by atoms with van der Waals surface area (Å²) in [5.74, 6) is 1.07. The summed E-state index contributed by atoms with van der Waals surface area (Å²) < 4.78 is 0. The first-order valence-electron chi connectivity index (χ1n) is 4.35. The minimum Gasteiger partial charge on any atom is -0.395 e. The molecule has 0 fully saturated rings. The molecular formula is C9H15NOS2. The van der Waals surface area contributed by atoms with Gasteiger partial charge >= 0.3 is 0 Å². The van der Waals surface area contributed by atoms with Crippen molar-refractivity contribution in [2.24, 2.45) is 0 Å². The molecule has 1 atom stereocenters. The second-order valence-electron chi connectivity index (χ2n) is 2.97. The fourth-order valence-corrected chi connectivity index (χ4v) is 2.71. The van der Waals surface area contributed by atoms with Gasteiger partial charge in [-0.15, -0.1) is 11.3 Å². The Morgan fingerprint density at radius 3 is 3.00 bits per heavy atom. The summed E-state index contributed by atoms with van der Waals surface area (Å²) in [5, 5.41) is 9.17. The lowest BCUT2D eigenvalue weighted by Crippen LogP contribution is -2.03. The van der Waals surface area contributed by atoms with Crippen molar-refractivity contribution < 1.29 is 5.11 Å². The summed E-state index contributed by atoms with van der Waals surface area (Å²) in [6.45, 7) is 4.36. The summed E-state index contributed by atoms with van der Waals surface area (Å²) in [6.07, 6.45) is 1.07. The number of nitrogens with zero attached hydrogens (tertiary/aromatic N) is 1. The fraction of sp³-hybridized carbons (Fsp3) is 0.667. The van der Waals surface area contributed by atoms with Gasteiger partial charge in [0.2, 0.25) is 0 Å². The molecule has 2 nitrogen and oxygen atoms in total. The van der Waals surface area contributed by atoms with Crippen molar-refractivity contribution in [3.05, 3.63) is 16.1 Å². The topological polar surface area (TPSA) is 33.1 Å². The van der Waals surface area contributed by atoms with Crippen LogP contribution in [0.4, 0.5) is 0 Å². The number of aliphatic hydroxyl groups is 1. The van der Waals surface area contributed by atoms with Crippen molar-refractivity contribution in [2.75, 3.05) is 12.4 Å². The van der Waals surface area contributed by atoms with Crippen LogP contribution >= 0.6 is 23.1 Å². The number of thiazole rings is 1. The highest BCUT2D eigenvalue weighted by molar-refractivity contribution is 7.99. The Labute approximate surface area is 87.4 Å². The van der Waals surface area contributed by atoms with E-state index in [9.17, 15) is 0 Å². The molecule has 0 aliphatic heterocycles. The second kappa shape index (κ2) is 5.62. The van der Waals surface area contributed by atoms with Gasteiger partial charge < -0.3 is 5.11 Å². The van der Waals surface area contributed by atoms with Gasteiger partial charge in [-0.25, -0.2) is 4.98 Å². The number of hydrogen-bond donors (Lipinski definition) is 1. The normalized spacial score (nSPS) is 13.2. The third kappa shape index (κ3) is 3.67. The summed E-state index contributed by atoms with van der Waals surface area (Å²) in [6, 6.07) is 0. The maximum atomic E-state index is 8.82. The van der Waals surface area contributed by atoms with E-state index in [0.29, 0.717) is 5.25 Å². The van der Waals surface area contributed by atoms with Crippen molar-refractivity contribution in [1.29, 1.82) is 0 Å². The molecule has 0 aliphatic carbocycles. The number of rotatable bonds is 5. The van der Waals surface area contributed by atoms with Crippen LogP contribution in [0.15, 0.2) is 5.51 Å². The highest BCUT2D eigenvalue weighted by atomic mass is 32.2. The lowest BCUT2D eigenvalue weighted by molar-refractivity contribution is 0.300. The molecule has 0 aliphatic rings. The first kappa shape index (κ1) is 11.0. The lowest BCUT2D eigenvalue weighted by Gasteiger charge is -2.06. The maximum Gasteiger partial charge on any atom is 0.0797 e. The van der Waals surface area contributed by atoms with Crippen molar-refractivity contribution in [3.8, 4) is 0 Å². The molecule has 0 bridgehead atoms. The average molecular weight is 217 g/mol. The highest BCUT2D eigenvalue weighted by Gasteiger charge is 2.03. The van der Waals surface area contributed by atoms with Crippen molar-refractivity contribution in [1.82, 2.24) is 4.98 Å². The zero-order valence-electron chi connectivity index (χ0n) is 7.99. The van der Waals surface area contributed by atoms with Crippen LogP contribution in [0.25, 0.3) is 0 Å². The Bertz CT molecular complexity index is 250. The third-order valence-corrected chi connectivity index (χ3v) is 3.99. The first-order chi connectivity index (χ1) is 6.24. The molecule has 4 heteroatoms. The van der Waals surface area contributed by atoms with Crippen molar-refractivity contribution in [2.45, 2.75) is 25.5 Å². The van der Waals surface area contributed by atoms with E-state index in [2.05, 4.69) is 4.98 Å². The number of hydrogen-bond acceptors (Lipinski definition) is 4. The van der Waals surface area contributed by atoms with Gasteiger partial charge in [-0.05, 0) is 19.1 Å². The fourth-order valence-electron chi connectivity index (χ4n) is 0.972. The molecule has 1 rings (SSSR count). The molecule has 0 amide bonds. The predicted molar refractivity (Wildman–Crippen MR) is 59.6 cm³/mol. The second-order valence-corrected chi connectivity index (χ2v) is 5.46. The van der Waals surface area contributed by atoms with E-state index in [1.54, 1.807) is 11.3 Å². The van der Waals surface area contributed by atoms with E-state index in [-0.39, 0.29) is 6.61 Å². The molecular weight excluding hydrogens is 202 g/mol. The zero-order valence-corrected chi connectivity index (χ0v) is 9.62. The Morgan fingerprint density at radius 1 is 1.69 bits per heavy atom. The van der Waals surface area contributed by atoms with E-state index >= 15 is 0 Å². The van der Waals surface area contributed by atoms with Gasteiger partial charge in [0.25, 0.3) is 0 Å². The zero-order chi connectivity index (χ0) is 9.68. The molecule has 74 valence electrons. The molecule has 13 heavy (non-hydrogen) atoms. The molecule has 1 N–H and O–H groups in total. The molecule has 0 aromatic carbocycles. The summed E-state index contributed by atoms with van der Waals surface area (Å²) in [7, 11) is 0. The predicted octanol–water partition coefficient (Wildman–Crippen LogP) is 2.11. The molecule has 0 radical (unpaired) electrons. The van der Waals surface area contributed by atoms with Gasteiger partial charge in [-0.2, -0.15) is 11.8 Å². The highest BCUT2D eigenvalue weighted by Crippen LogP contribution is 2.17. The van der Waals surface area contributed by atoms with E-state index in [0.717, 1.165) is 17.9 Å². The Balaban J connectivity index is 2.24. The molecule has 1 aromatic heterocycles. The monoisotopic (exact) mass is 217 g/mol. The van der Waals surface area contributed by atoms with Gasteiger partial charge in [-0.3, -0.25) is 0 Å². The van der Waals surface area contributed by atoms with E-state index < -0.39 is 0 Å². The molecule has 1 aromatic rings. The van der Waals surface area contributed by atoms with Gasteiger partial charge in [0, 0.05) is 10.1 Å². The van der Waals surface area contributed by atoms with Gasteiger partial charge in [0.1, 0.15) is 0 Å². The number of aromatic nitrogens is 1. The van der Waals surface area contributed by atoms with E-state index in [1.165, 1.54) is 4.88 Å². The first-order valence-corrected chi connectivity index (χ1v) is 6.28. The minimum absolute atomic E-state index is 0.270. The number of aliphatic hydroxyl groups excluding tert-OH is 1. The minimum atomic E-state index is 0.270. The van der Waals surface area contributed by atoms with Gasteiger partial charge in [-0.1, -0.05) is 6.92 Å². The smallest absolute Gasteiger partial charge is 0.0797 e. The van der Waals surface area contributed by atoms with Crippen LogP contribution in [0.1, 0.15) is 17.5 Å². The SMILES string of the molecule is Cc1ncsc1CCSC(C)CO. The molecule has 1 unspecified atom stereocenters. The molecule has 0 saturated heterocycles. The Kier molecular flexibility index (Phi) is 4.77. The molecule has 0 spiro atoms.